The summed E-state index contributed by atoms with van der Waals surface area (Å²) in [7, 11) is 1.64. The maximum absolute atomic E-state index is 5.52. The van der Waals surface area contributed by atoms with Crippen LogP contribution in [0, 0.1) is 6.92 Å². The van der Waals surface area contributed by atoms with Crippen molar-refractivity contribution in [3.05, 3.63) is 47.8 Å². The molecule has 1 N–H and O–H groups in total. The van der Waals surface area contributed by atoms with Crippen LogP contribution in [0.4, 0.5) is 5.82 Å². The topological polar surface area (TPSA) is 56.3 Å². The van der Waals surface area contributed by atoms with Crippen LogP contribution in [0.5, 0.6) is 5.88 Å². The van der Waals surface area contributed by atoms with E-state index < -0.39 is 0 Å². The Morgan fingerprint density at radius 2 is 1.90 bits per heavy atom. The molecule has 1 aromatic heterocycles. The second-order valence-electron chi connectivity index (χ2n) is 4.64. The number of anilines is 1. The van der Waals surface area contributed by atoms with Gasteiger partial charge in [0, 0.05) is 19.7 Å². The Bertz CT molecular complexity index is 546. The number of benzene rings is 1. The maximum atomic E-state index is 5.52. The summed E-state index contributed by atoms with van der Waals surface area (Å²) in [6.45, 7) is 3.69. The summed E-state index contributed by atoms with van der Waals surface area (Å²) in [5.74, 6) is 2.04. The van der Waals surface area contributed by atoms with Gasteiger partial charge in [-0.2, -0.15) is 4.98 Å². The van der Waals surface area contributed by atoms with Crippen molar-refractivity contribution in [2.24, 2.45) is 0 Å². The molecule has 21 heavy (non-hydrogen) atoms. The highest BCUT2D eigenvalue weighted by Crippen LogP contribution is 2.13. The summed E-state index contributed by atoms with van der Waals surface area (Å²) in [5.41, 5.74) is 1.30. The molecule has 5 nitrogen and oxygen atoms in total. The minimum absolute atomic E-state index is 0.483. The molecular weight excluding hydrogens is 266 g/mol. The molecule has 0 spiro atoms. The van der Waals surface area contributed by atoms with Gasteiger partial charge in [-0.1, -0.05) is 30.3 Å². The highest BCUT2D eigenvalue weighted by atomic mass is 16.5. The second kappa shape index (κ2) is 8.21. The first kappa shape index (κ1) is 15.3. The minimum Gasteiger partial charge on any atom is -0.475 e. The Morgan fingerprint density at radius 1 is 1.10 bits per heavy atom. The third-order valence-corrected chi connectivity index (χ3v) is 2.91. The zero-order valence-electron chi connectivity index (χ0n) is 12.5. The fourth-order valence-corrected chi connectivity index (χ4v) is 1.91. The van der Waals surface area contributed by atoms with Gasteiger partial charge in [-0.25, -0.2) is 4.98 Å². The van der Waals surface area contributed by atoms with Gasteiger partial charge in [0.2, 0.25) is 5.88 Å². The van der Waals surface area contributed by atoms with Crippen molar-refractivity contribution >= 4 is 5.82 Å². The smallest absolute Gasteiger partial charge is 0.218 e. The largest absolute Gasteiger partial charge is 0.475 e. The molecule has 0 radical (unpaired) electrons. The molecule has 2 rings (SSSR count). The lowest BCUT2D eigenvalue weighted by Gasteiger charge is -2.09. The summed E-state index contributed by atoms with van der Waals surface area (Å²) in [6, 6.07) is 12.2. The van der Waals surface area contributed by atoms with Gasteiger partial charge in [-0.15, -0.1) is 0 Å². The van der Waals surface area contributed by atoms with Crippen molar-refractivity contribution in [1.82, 2.24) is 9.97 Å². The van der Waals surface area contributed by atoms with E-state index in [1.165, 1.54) is 5.56 Å². The van der Waals surface area contributed by atoms with Crippen LogP contribution in [-0.2, 0) is 11.2 Å². The molecule has 0 aliphatic rings. The number of nitrogens with one attached hydrogen (secondary N) is 1. The SMILES string of the molecule is COCCOc1cc(NCCc2ccccc2)nc(C)n1. The monoisotopic (exact) mass is 287 g/mol. The van der Waals surface area contributed by atoms with Crippen molar-refractivity contribution in [3.8, 4) is 5.88 Å². The van der Waals surface area contributed by atoms with E-state index >= 15 is 0 Å². The molecule has 0 aliphatic heterocycles. The molecule has 0 amide bonds. The molecule has 0 unspecified atom stereocenters. The summed E-state index contributed by atoms with van der Waals surface area (Å²) in [5, 5.41) is 3.30. The predicted octanol–water partition coefficient (Wildman–Crippen LogP) is 2.46. The number of aromatic nitrogens is 2. The lowest BCUT2D eigenvalue weighted by molar-refractivity contribution is 0.143. The molecule has 1 heterocycles. The van der Waals surface area contributed by atoms with Gasteiger partial charge in [-0.05, 0) is 18.9 Å². The van der Waals surface area contributed by atoms with Crippen molar-refractivity contribution in [3.63, 3.8) is 0 Å². The van der Waals surface area contributed by atoms with Crippen molar-refractivity contribution in [2.45, 2.75) is 13.3 Å². The van der Waals surface area contributed by atoms with Gasteiger partial charge in [0.05, 0.1) is 6.61 Å². The summed E-state index contributed by atoms with van der Waals surface area (Å²) in [4.78, 5) is 8.60. The minimum atomic E-state index is 0.483. The predicted molar refractivity (Wildman–Crippen MR) is 82.8 cm³/mol. The molecule has 0 bridgehead atoms. The van der Waals surface area contributed by atoms with Crippen LogP contribution in [0.1, 0.15) is 11.4 Å². The van der Waals surface area contributed by atoms with Crippen LogP contribution >= 0.6 is 0 Å². The second-order valence-corrected chi connectivity index (χ2v) is 4.64. The molecule has 0 aliphatic carbocycles. The third-order valence-electron chi connectivity index (χ3n) is 2.91. The van der Waals surface area contributed by atoms with Crippen LogP contribution in [0.25, 0.3) is 0 Å². The van der Waals surface area contributed by atoms with Crippen molar-refractivity contribution < 1.29 is 9.47 Å². The number of aryl methyl sites for hydroxylation is 1. The number of rotatable bonds is 8. The Kier molecular flexibility index (Phi) is 5.97. The molecule has 0 atom stereocenters. The summed E-state index contributed by atoms with van der Waals surface area (Å²) >= 11 is 0. The number of ether oxygens (including phenoxy) is 2. The van der Waals surface area contributed by atoms with Crippen molar-refractivity contribution in [2.75, 3.05) is 32.2 Å². The Hall–Kier alpha value is -2.14. The Balaban J connectivity index is 1.87. The van der Waals surface area contributed by atoms with Crippen LogP contribution in [0.2, 0.25) is 0 Å². The average Bonchev–Trinajstić information content (AvgIpc) is 2.48. The van der Waals surface area contributed by atoms with Crippen LogP contribution in [0.3, 0.4) is 0 Å². The van der Waals surface area contributed by atoms with E-state index in [1.54, 1.807) is 7.11 Å². The van der Waals surface area contributed by atoms with Gasteiger partial charge < -0.3 is 14.8 Å². The zero-order valence-corrected chi connectivity index (χ0v) is 12.5. The first-order valence-corrected chi connectivity index (χ1v) is 7.03. The number of methoxy groups -OCH3 is 1. The van der Waals surface area contributed by atoms with E-state index in [4.69, 9.17) is 9.47 Å². The van der Waals surface area contributed by atoms with E-state index in [0.717, 1.165) is 18.8 Å². The molecule has 0 saturated heterocycles. The van der Waals surface area contributed by atoms with E-state index in [2.05, 4.69) is 27.4 Å². The normalized spacial score (nSPS) is 10.4. The highest BCUT2D eigenvalue weighted by Gasteiger charge is 2.03. The first-order chi connectivity index (χ1) is 10.3. The van der Waals surface area contributed by atoms with Gasteiger partial charge in [0.15, 0.2) is 0 Å². The number of hydrogen-bond donors (Lipinski definition) is 1. The van der Waals surface area contributed by atoms with Gasteiger partial charge in [0.1, 0.15) is 18.2 Å². The van der Waals surface area contributed by atoms with Gasteiger partial charge in [-0.3, -0.25) is 0 Å². The molecule has 1 aromatic carbocycles. The maximum Gasteiger partial charge on any atom is 0.218 e. The van der Waals surface area contributed by atoms with Gasteiger partial charge >= 0.3 is 0 Å². The molecule has 112 valence electrons. The molecule has 0 saturated carbocycles. The average molecular weight is 287 g/mol. The van der Waals surface area contributed by atoms with Crippen LogP contribution in [0.15, 0.2) is 36.4 Å². The quantitative estimate of drug-likeness (QED) is 0.756. The molecule has 0 fully saturated rings. The molecule has 5 heteroatoms. The fraction of sp³-hybridized carbons (Fsp3) is 0.375. The lowest BCUT2D eigenvalue weighted by Crippen LogP contribution is -2.10. The summed E-state index contributed by atoms with van der Waals surface area (Å²) in [6.07, 6.45) is 0.948. The van der Waals surface area contributed by atoms with E-state index in [-0.39, 0.29) is 0 Å². The molecular formula is C16H21N3O2. The van der Waals surface area contributed by atoms with Crippen LogP contribution in [-0.4, -0.2) is 36.8 Å². The third kappa shape index (κ3) is 5.39. The summed E-state index contributed by atoms with van der Waals surface area (Å²) < 4.78 is 10.5. The first-order valence-electron chi connectivity index (χ1n) is 7.03. The standard InChI is InChI=1S/C16H21N3O2/c1-13-18-15(12-16(19-13)21-11-10-20-2)17-9-8-14-6-4-3-5-7-14/h3-7,12H,8-11H2,1-2H3,(H,17,18,19). The van der Waals surface area contributed by atoms with E-state index in [0.29, 0.717) is 24.9 Å². The van der Waals surface area contributed by atoms with E-state index in [1.807, 2.05) is 31.2 Å². The Labute approximate surface area is 125 Å². The highest BCUT2D eigenvalue weighted by molar-refractivity contribution is 5.38. The fourth-order valence-electron chi connectivity index (χ4n) is 1.91. The molecule has 2 aromatic rings. The van der Waals surface area contributed by atoms with E-state index in [9.17, 15) is 0 Å². The van der Waals surface area contributed by atoms with Crippen molar-refractivity contribution in [1.29, 1.82) is 0 Å². The number of hydrogen-bond acceptors (Lipinski definition) is 5. The van der Waals surface area contributed by atoms with Gasteiger partial charge in [0.25, 0.3) is 0 Å². The zero-order chi connectivity index (χ0) is 14.9. The Morgan fingerprint density at radius 3 is 2.67 bits per heavy atom. The lowest BCUT2D eigenvalue weighted by atomic mass is 10.1. The number of nitrogens with zero attached hydrogens (tertiary/aromatic N) is 2. The van der Waals surface area contributed by atoms with Crippen LogP contribution < -0.4 is 10.1 Å².